The molecule has 1 aliphatic rings. The molecule has 2 atom stereocenters. The number of carbonyl (C=O) groups is 1. The number of sulfone groups is 1. The van der Waals surface area contributed by atoms with Crippen LogP contribution in [-0.2, 0) is 20.8 Å². The van der Waals surface area contributed by atoms with Gasteiger partial charge in [0.25, 0.3) is 0 Å². The Hall–Kier alpha value is -2.82. The van der Waals surface area contributed by atoms with Crippen molar-refractivity contribution in [2.45, 2.75) is 55.8 Å². The molecule has 1 amide bonds. The molecule has 0 saturated carbocycles. The third-order valence-electron chi connectivity index (χ3n) is 6.25. The highest BCUT2D eigenvalue weighted by Gasteiger charge is 2.36. The van der Waals surface area contributed by atoms with Crippen molar-refractivity contribution in [3.63, 3.8) is 0 Å². The lowest BCUT2D eigenvalue weighted by Crippen LogP contribution is -2.44. The molecule has 224 valence electrons. The average molecular weight is 633 g/mol. The second kappa shape index (κ2) is 13.0. The summed E-state index contributed by atoms with van der Waals surface area (Å²) in [6.45, 7) is 5.98. The van der Waals surface area contributed by atoms with E-state index in [-0.39, 0.29) is 44.9 Å². The fourth-order valence-corrected chi connectivity index (χ4v) is 6.89. The van der Waals surface area contributed by atoms with E-state index >= 15 is 0 Å². The molecule has 1 aliphatic heterocycles. The van der Waals surface area contributed by atoms with Crippen LogP contribution in [0.4, 0.5) is 23.7 Å². The zero-order valence-electron chi connectivity index (χ0n) is 23.0. The van der Waals surface area contributed by atoms with Gasteiger partial charge in [-0.05, 0) is 75.6 Å². The maximum atomic E-state index is 14.1. The first kappa shape index (κ1) is 32.7. The van der Waals surface area contributed by atoms with E-state index in [1.165, 1.54) is 47.0 Å². The molecule has 1 fully saturated rings. The molecule has 0 aliphatic carbocycles. The second-order valence-corrected chi connectivity index (χ2v) is 14.0. The summed E-state index contributed by atoms with van der Waals surface area (Å²) in [5.74, 6) is -0.527. The summed E-state index contributed by atoms with van der Waals surface area (Å²) < 4.78 is 74.0. The van der Waals surface area contributed by atoms with Crippen LogP contribution in [0, 0.1) is 17.4 Å². The lowest BCUT2D eigenvalue weighted by Gasteiger charge is -2.34. The Morgan fingerprint density at radius 3 is 2.46 bits per heavy atom. The first-order valence-electron chi connectivity index (χ1n) is 12.7. The number of carbonyl (C=O) groups excluding carboxylic acids is 1. The van der Waals surface area contributed by atoms with Crippen molar-refractivity contribution >= 4 is 45.0 Å². The van der Waals surface area contributed by atoms with Crippen molar-refractivity contribution in [3.05, 3.63) is 47.0 Å². The Balaban J connectivity index is 1.83. The minimum Gasteiger partial charge on any atom is -0.444 e. The number of thioether (sulfide) groups is 1. The molecule has 0 radical (unpaired) electrons. The lowest BCUT2D eigenvalue weighted by molar-refractivity contribution is -0.137. The molecule has 8 nitrogen and oxygen atoms in total. The number of rotatable bonds is 8. The van der Waals surface area contributed by atoms with Crippen molar-refractivity contribution in [2.24, 2.45) is 5.92 Å². The van der Waals surface area contributed by atoms with Crippen LogP contribution in [-0.4, -0.2) is 55.6 Å². The monoisotopic (exact) mass is 632 g/mol. The summed E-state index contributed by atoms with van der Waals surface area (Å²) in [6.07, 6.45) is -0.608. The van der Waals surface area contributed by atoms with Crippen LogP contribution < -0.4 is 10.6 Å². The van der Waals surface area contributed by atoms with Gasteiger partial charge < -0.3 is 15.0 Å². The Labute approximate surface area is 247 Å². The quantitative estimate of drug-likeness (QED) is 0.191. The summed E-state index contributed by atoms with van der Waals surface area (Å²) in [4.78, 5) is 13.9. The zero-order valence-corrected chi connectivity index (χ0v) is 25.4. The molecule has 0 bridgehead atoms. The Morgan fingerprint density at radius 2 is 1.90 bits per heavy atom. The molecule has 1 saturated heterocycles. The van der Waals surface area contributed by atoms with Gasteiger partial charge in [-0.3, -0.25) is 5.32 Å². The second-order valence-electron chi connectivity index (χ2n) is 10.6. The predicted octanol–water partition coefficient (Wildman–Crippen LogP) is 6.58. The standard InChI is InChI=1S/C27H32ClF3N4O4S2/c1-26(2,3)39-25(36)35-11-5-6-17(14-35)15-41(37,38)20-9-7-18(8-10-20)23-21(27(29,30)31)12-19(13-22(23)28)34-24(40-4)33-16-32/h7-10,12-13,17,24,33-34H,5-6,11,14-15H2,1-4H3. The summed E-state index contributed by atoms with van der Waals surface area (Å²) in [5.41, 5.74) is -2.49. The van der Waals surface area contributed by atoms with Crippen LogP contribution in [0.3, 0.4) is 0 Å². The summed E-state index contributed by atoms with van der Waals surface area (Å²) in [6, 6.07) is 7.34. The van der Waals surface area contributed by atoms with E-state index in [4.69, 9.17) is 21.6 Å². The Bertz CT molecular complexity index is 1390. The molecule has 0 aromatic heterocycles. The number of hydrogen-bond donors (Lipinski definition) is 2. The fraction of sp³-hybridized carbons (Fsp3) is 0.481. The average Bonchev–Trinajstić information content (AvgIpc) is 2.86. The number of hydrogen-bond acceptors (Lipinski definition) is 8. The van der Waals surface area contributed by atoms with Crippen LogP contribution in [0.15, 0.2) is 41.3 Å². The van der Waals surface area contributed by atoms with Crippen LogP contribution in [0.1, 0.15) is 39.2 Å². The van der Waals surface area contributed by atoms with Crippen molar-refractivity contribution in [2.75, 3.05) is 30.4 Å². The van der Waals surface area contributed by atoms with Crippen LogP contribution >= 0.6 is 23.4 Å². The third kappa shape index (κ3) is 8.83. The largest absolute Gasteiger partial charge is 0.444 e. The number of nitrogens with zero attached hydrogens (tertiary/aromatic N) is 2. The number of ether oxygens (including phenoxy) is 1. The number of amides is 1. The number of benzene rings is 2. The minimum atomic E-state index is -4.76. The van der Waals surface area contributed by atoms with Gasteiger partial charge in [-0.1, -0.05) is 23.7 Å². The lowest BCUT2D eigenvalue weighted by atomic mass is 9.98. The molecule has 2 aromatic carbocycles. The van der Waals surface area contributed by atoms with E-state index in [1.54, 1.807) is 33.2 Å². The normalized spacial score (nSPS) is 17.0. The van der Waals surface area contributed by atoms with Gasteiger partial charge in [-0.25, -0.2) is 13.2 Å². The van der Waals surface area contributed by atoms with Crippen molar-refractivity contribution in [3.8, 4) is 17.3 Å². The van der Waals surface area contributed by atoms with E-state index < -0.39 is 38.8 Å². The van der Waals surface area contributed by atoms with E-state index in [1.807, 2.05) is 0 Å². The first-order chi connectivity index (χ1) is 19.0. The van der Waals surface area contributed by atoms with Crippen molar-refractivity contribution < 1.29 is 31.1 Å². The van der Waals surface area contributed by atoms with E-state index in [0.717, 1.165) is 6.07 Å². The number of nitriles is 1. The summed E-state index contributed by atoms with van der Waals surface area (Å²) >= 11 is 7.50. The van der Waals surface area contributed by atoms with Crippen LogP contribution in [0.25, 0.3) is 11.1 Å². The molecule has 14 heteroatoms. The first-order valence-corrected chi connectivity index (χ1v) is 16.0. The zero-order chi connectivity index (χ0) is 30.6. The van der Waals surface area contributed by atoms with Gasteiger partial charge in [0.15, 0.2) is 21.5 Å². The van der Waals surface area contributed by atoms with Gasteiger partial charge >= 0.3 is 12.3 Å². The van der Waals surface area contributed by atoms with E-state index in [0.29, 0.717) is 19.4 Å². The van der Waals surface area contributed by atoms with Gasteiger partial charge in [-0.2, -0.15) is 18.4 Å². The van der Waals surface area contributed by atoms with E-state index in [9.17, 15) is 26.4 Å². The van der Waals surface area contributed by atoms with Crippen LogP contribution in [0.2, 0.25) is 5.02 Å². The topological polar surface area (TPSA) is 112 Å². The Morgan fingerprint density at radius 1 is 1.24 bits per heavy atom. The maximum Gasteiger partial charge on any atom is 0.417 e. The van der Waals surface area contributed by atoms with Crippen molar-refractivity contribution in [1.29, 1.82) is 5.26 Å². The van der Waals surface area contributed by atoms with E-state index in [2.05, 4.69) is 10.6 Å². The SMILES string of the molecule is CSC(NC#N)Nc1cc(Cl)c(-c2ccc(S(=O)(=O)CC3CCCN(C(=O)OC(C)(C)C)C3)cc2)c(C(F)(F)F)c1. The predicted molar refractivity (Wildman–Crippen MR) is 154 cm³/mol. The highest BCUT2D eigenvalue weighted by molar-refractivity contribution is 7.99. The number of piperidine rings is 1. The molecule has 1 heterocycles. The van der Waals surface area contributed by atoms with Crippen LogP contribution in [0.5, 0.6) is 0 Å². The molecule has 3 rings (SSSR count). The number of alkyl halides is 3. The molecule has 2 N–H and O–H groups in total. The number of nitrogens with one attached hydrogen (secondary N) is 2. The summed E-state index contributed by atoms with van der Waals surface area (Å²) in [7, 11) is -3.80. The summed E-state index contributed by atoms with van der Waals surface area (Å²) in [5, 5.41) is 13.8. The Kier molecular flexibility index (Phi) is 10.4. The van der Waals surface area contributed by atoms with Crippen molar-refractivity contribution in [1.82, 2.24) is 10.2 Å². The molecule has 2 aromatic rings. The van der Waals surface area contributed by atoms with Gasteiger partial charge in [-0.15, -0.1) is 11.8 Å². The van der Waals surface area contributed by atoms with Gasteiger partial charge in [0.05, 0.1) is 21.2 Å². The minimum absolute atomic E-state index is 0.0380. The number of likely N-dealkylation sites (tertiary alicyclic amines) is 1. The molecular weight excluding hydrogens is 601 g/mol. The molecular formula is C27H32ClF3N4O4S2. The molecule has 0 spiro atoms. The number of anilines is 1. The van der Waals surface area contributed by atoms with Gasteiger partial charge in [0, 0.05) is 24.3 Å². The highest BCUT2D eigenvalue weighted by Crippen LogP contribution is 2.43. The third-order valence-corrected chi connectivity index (χ3v) is 9.16. The van der Waals surface area contributed by atoms with Gasteiger partial charge in [0.1, 0.15) is 5.60 Å². The maximum absolute atomic E-state index is 14.1. The molecule has 41 heavy (non-hydrogen) atoms. The number of halogens is 4. The highest BCUT2D eigenvalue weighted by atomic mass is 35.5. The fourth-order valence-electron chi connectivity index (χ4n) is 4.50. The smallest absolute Gasteiger partial charge is 0.417 e. The molecule has 2 unspecified atom stereocenters. The van der Waals surface area contributed by atoms with Gasteiger partial charge in [0.2, 0.25) is 0 Å².